The molecule has 3 nitrogen and oxygen atoms in total. The number of carbonyl (C=O) groups is 1. The number of nitrogens with one attached hydrogen (secondary N) is 1. The van der Waals surface area contributed by atoms with E-state index in [1.54, 1.807) is 0 Å². The third-order valence-corrected chi connectivity index (χ3v) is 4.91. The normalized spacial score (nSPS) is 24.5. The quantitative estimate of drug-likeness (QED) is 0.756. The lowest BCUT2D eigenvalue weighted by Gasteiger charge is -2.30. The predicted octanol–water partition coefficient (Wildman–Crippen LogP) is 1.70. The van der Waals surface area contributed by atoms with E-state index in [0.717, 1.165) is 12.2 Å². The summed E-state index contributed by atoms with van der Waals surface area (Å²) in [6, 6.07) is 0.284. The van der Waals surface area contributed by atoms with E-state index in [0.29, 0.717) is 6.42 Å². The molecule has 3 N–H and O–H groups in total. The molecule has 1 rings (SSSR count). The van der Waals surface area contributed by atoms with Crippen LogP contribution in [0.2, 0.25) is 0 Å². The van der Waals surface area contributed by atoms with E-state index < -0.39 is 5.41 Å². The Morgan fingerprint density at radius 3 is 2.81 bits per heavy atom. The zero-order valence-corrected chi connectivity index (χ0v) is 11.5. The summed E-state index contributed by atoms with van der Waals surface area (Å²) in [6.45, 7) is 3.76. The Kier molecular flexibility index (Phi) is 5.05. The van der Waals surface area contributed by atoms with Gasteiger partial charge in [0.05, 0.1) is 10.4 Å². The van der Waals surface area contributed by atoms with Crippen molar-refractivity contribution >= 4 is 34.9 Å². The predicted molar refractivity (Wildman–Crippen MR) is 73.7 cm³/mol. The van der Waals surface area contributed by atoms with Crippen molar-refractivity contribution in [3.8, 4) is 0 Å². The van der Waals surface area contributed by atoms with Crippen molar-refractivity contribution in [2.75, 3.05) is 11.5 Å². The first-order chi connectivity index (χ1) is 7.50. The number of thiocarbonyl (C=S) groups is 1. The largest absolute Gasteiger partial charge is 0.392 e. The highest BCUT2D eigenvalue weighted by atomic mass is 32.2. The van der Waals surface area contributed by atoms with E-state index in [9.17, 15) is 4.79 Å². The number of thioether (sulfide) groups is 1. The van der Waals surface area contributed by atoms with Crippen LogP contribution in [0.3, 0.4) is 0 Å². The van der Waals surface area contributed by atoms with E-state index in [1.165, 1.54) is 12.2 Å². The molecule has 1 aliphatic heterocycles. The Bertz CT molecular complexity index is 277. The molecule has 1 amide bonds. The molecule has 0 aromatic heterocycles. The van der Waals surface area contributed by atoms with Crippen molar-refractivity contribution in [3.05, 3.63) is 0 Å². The van der Waals surface area contributed by atoms with Crippen molar-refractivity contribution in [1.82, 2.24) is 5.32 Å². The lowest BCUT2D eigenvalue weighted by molar-refractivity contribution is -0.127. The average molecular weight is 260 g/mol. The summed E-state index contributed by atoms with van der Waals surface area (Å²) in [6.07, 6.45) is 2.88. The van der Waals surface area contributed by atoms with Gasteiger partial charge >= 0.3 is 0 Å². The molecule has 0 spiro atoms. The van der Waals surface area contributed by atoms with Crippen LogP contribution >= 0.6 is 24.0 Å². The Labute approximate surface area is 107 Å². The zero-order chi connectivity index (χ0) is 12.2. The van der Waals surface area contributed by atoms with Gasteiger partial charge in [0.2, 0.25) is 5.91 Å². The average Bonchev–Trinajstić information content (AvgIpc) is 2.28. The monoisotopic (exact) mass is 260 g/mol. The number of hydrogen-bond acceptors (Lipinski definition) is 3. The second-order valence-corrected chi connectivity index (χ2v) is 6.03. The lowest BCUT2D eigenvalue weighted by Crippen LogP contribution is -2.50. The number of hydrogen-bond donors (Lipinski definition) is 2. The highest BCUT2D eigenvalue weighted by molar-refractivity contribution is 7.99. The fourth-order valence-corrected chi connectivity index (χ4v) is 2.95. The minimum atomic E-state index is -0.697. The second-order valence-electron chi connectivity index (χ2n) is 4.44. The van der Waals surface area contributed by atoms with Gasteiger partial charge in [0.1, 0.15) is 0 Å². The maximum Gasteiger partial charge on any atom is 0.233 e. The standard InChI is InChI=1S/C11H20N2OS2/c1-3-11(2,9(12)15)10(14)13-8-5-4-6-16-7-8/h8H,3-7H2,1-2H3,(H2,12,15)(H,13,14). The van der Waals surface area contributed by atoms with Gasteiger partial charge in [-0.2, -0.15) is 11.8 Å². The summed E-state index contributed by atoms with van der Waals surface area (Å²) in [5.74, 6) is 2.19. The van der Waals surface area contributed by atoms with E-state index >= 15 is 0 Å². The SMILES string of the molecule is CCC(C)(C(=O)NC1CCCSC1)C(N)=S. The van der Waals surface area contributed by atoms with Gasteiger partial charge in [0.15, 0.2) is 0 Å². The molecule has 1 heterocycles. The van der Waals surface area contributed by atoms with Gasteiger partial charge in [-0.05, 0) is 31.9 Å². The molecule has 2 atom stereocenters. The number of carbonyl (C=O) groups excluding carboxylic acids is 1. The molecule has 1 aliphatic rings. The Balaban J connectivity index is 2.58. The number of amides is 1. The van der Waals surface area contributed by atoms with Crippen molar-refractivity contribution in [1.29, 1.82) is 0 Å². The third kappa shape index (κ3) is 3.10. The lowest BCUT2D eigenvalue weighted by atomic mass is 9.86. The molecular weight excluding hydrogens is 240 g/mol. The molecular formula is C11H20N2OS2. The first-order valence-electron chi connectivity index (χ1n) is 5.69. The topological polar surface area (TPSA) is 55.1 Å². The number of nitrogens with two attached hydrogens (primary N) is 1. The molecule has 0 saturated carbocycles. The Morgan fingerprint density at radius 2 is 2.38 bits per heavy atom. The molecule has 92 valence electrons. The van der Waals surface area contributed by atoms with Gasteiger partial charge < -0.3 is 11.1 Å². The summed E-state index contributed by atoms with van der Waals surface area (Å²) in [7, 11) is 0. The maximum absolute atomic E-state index is 12.1. The van der Waals surface area contributed by atoms with Crippen LogP contribution in [-0.2, 0) is 4.79 Å². The van der Waals surface area contributed by atoms with Crippen LogP contribution in [0.5, 0.6) is 0 Å². The van der Waals surface area contributed by atoms with Crippen LogP contribution in [0, 0.1) is 5.41 Å². The van der Waals surface area contributed by atoms with E-state index in [-0.39, 0.29) is 16.9 Å². The Hall–Kier alpha value is -0.290. The van der Waals surface area contributed by atoms with Crippen LogP contribution in [0.4, 0.5) is 0 Å². The van der Waals surface area contributed by atoms with Crippen LogP contribution in [-0.4, -0.2) is 28.4 Å². The van der Waals surface area contributed by atoms with Gasteiger partial charge in [-0.3, -0.25) is 4.79 Å². The molecule has 16 heavy (non-hydrogen) atoms. The molecule has 0 radical (unpaired) electrons. The maximum atomic E-state index is 12.1. The molecule has 0 aromatic carbocycles. The fourth-order valence-electron chi connectivity index (χ4n) is 1.65. The fraction of sp³-hybridized carbons (Fsp3) is 0.818. The van der Waals surface area contributed by atoms with Crippen molar-refractivity contribution in [2.45, 2.75) is 39.2 Å². The summed E-state index contributed by atoms with van der Waals surface area (Å²) in [4.78, 5) is 12.4. The molecule has 0 bridgehead atoms. The van der Waals surface area contributed by atoms with Gasteiger partial charge in [0, 0.05) is 11.8 Å². The molecule has 2 unspecified atom stereocenters. The van der Waals surface area contributed by atoms with Crippen LogP contribution < -0.4 is 11.1 Å². The molecule has 0 aliphatic carbocycles. The van der Waals surface area contributed by atoms with Crippen LogP contribution in [0.15, 0.2) is 0 Å². The summed E-state index contributed by atoms with van der Waals surface area (Å²) >= 11 is 6.88. The molecule has 1 saturated heterocycles. The Morgan fingerprint density at radius 1 is 1.69 bits per heavy atom. The summed E-state index contributed by atoms with van der Waals surface area (Å²) < 4.78 is 0. The van der Waals surface area contributed by atoms with Gasteiger partial charge in [-0.15, -0.1) is 0 Å². The van der Waals surface area contributed by atoms with E-state index in [4.69, 9.17) is 18.0 Å². The van der Waals surface area contributed by atoms with Crippen molar-refractivity contribution in [3.63, 3.8) is 0 Å². The minimum Gasteiger partial charge on any atom is -0.392 e. The van der Waals surface area contributed by atoms with E-state index in [1.807, 2.05) is 25.6 Å². The molecule has 1 fully saturated rings. The number of rotatable bonds is 4. The highest BCUT2D eigenvalue weighted by Crippen LogP contribution is 2.24. The second kappa shape index (κ2) is 5.87. The first kappa shape index (κ1) is 13.8. The van der Waals surface area contributed by atoms with E-state index in [2.05, 4.69) is 5.32 Å². The molecule has 0 aromatic rings. The van der Waals surface area contributed by atoms with Gasteiger partial charge in [0.25, 0.3) is 0 Å². The minimum absolute atomic E-state index is 0.0185. The van der Waals surface area contributed by atoms with Gasteiger partial charge in [-0.1, -0.05) is 19.1 Å². The summed E-state index contributed by atoms with van der Waals surface area (Å²) in [5.41, 5.74) is 4.96. The molecule has 5 heteroatoms. The van der Waals surface area contributed by atoms with Crippen LogP contribution in [0.1, 0.15) is 33.1 Å². The third-order valence-electron chi connectivity index (χ3n) is 3.25. The zero-order valence-electron chi connectivity index (χ0n) is 9.91. The van der Waals surface area contributed by atoms with Crippen LogP contribution in [0.25, 0.3) is 0 Å². The summed E-state index contributed by atoms with van der Waals surface area (Å²) in [5, 5.41) is 3.06. The van der Waals surface area contributed by atoms with Crippen molar-refractivity contribution in [2.24, 2.45) is 11.1 Å². The highest BCUT2D eigenvalue weighted by Gasteiger charge is 2.35. The van der Waals surface area contributed by atoms with Crippen molar-refractivity contribution < 1.29 is 4.79 Å². The van der Waals surface area contributed by atoms with Gasteiger partial charge in [-0.25, -0.2) is 0 Å². The smallest absolute Gasteiger partial charge is 0.233 e. The first-order valence-corrected chi connectivity index (χ1v) is 7.25.